The molecule has 2 aromatic carbocycles. The minimum atomic E-state index is 0.188. The molecule has 1 aliphatic rings. The highest BCUT2D eigenvalue weighted by atomic mass is 14.3. The number of hydrogen-bond donors (Lipinski definition) is 0. The lowest BCUT2D eigenvalue weighted by Gasteiger charge is -2.26. The van der Waals surface area contributed by atoms with Crippen molar-refractivity contribution in [2.75, 3.05) is 0 Å². The first-order valence-corrected chi connectivity index (χ1v) is 10.00. The molecule has 0 heteroatoms. The number of benzene rings is 2. The molecule has 0 unspecified atom stereocenters. The first-order valence-electron chi connectivity index (χ1n) is 10.00. The molecule has 0 saturated heterocycles. The Kier molecular flexibility index (Phi) is 5.09. The van der Waals surface area contributed by atoms with Gasteiger partial charge in [-0.25, -0.2) is 0 Å². The molecular weight excluding hydrogens is 300 g/mol. The van der Waals surface area contributed by atoms with Gasteiger partial charge in [0.2, 0.25) is 0 Å². The van der Waals surface area contributed by atoms with Gasteiger partial charge in [-0.1, -0.05) is 70.4 Å². The summed E-state index contributed by atoms with van der Waals surface area (Å²) >= 11 is 0. The topological polar surface area (TPSA) is 0 Å². The molecule has 0 heterocycles. The number of aryl methyl sites for hydroxylation is 3. The van der Waals surface area contributed by atoms with Gasteiger partial charge in [0, 0.05) is 0 Å². The van der Waals surface area contributed by atoms with E-state index in [-0.39, 0.29) is 5.41 Å². The first kappa shape index (κ1) is 18.2. The standard InChI is InChI=1S/C25H34/c1-17-12-13-21(25(4,5)6)15-23(17)24-16-22(18(2)14-19(24)3)20-10-8-7-9-11-20/h12-16,20H,7-11H2,1-6H3. The van der Waals surface area contributed by atoms with Crippen LogP contribution in [0.1, 0.15) is 86.6 Å². The fraction of sp³-hybridized carbons (Fsp3) is 0.520. The predicted octanol–water partition coefficient (Wildman–Crippen LogP) is 7.62. The summed E-state index contributed by atoms with van der Waals surface area (Å²) in [5.74, 6) is 0.763. The molecule has 0 atom stereocenters. The third-order valence-electron chi connectivity index (χ3n) is 6.05. The average molecular weight is 335 g/mol. The Hall–Kier alpha value is -1.56. The Labute approximate surface area is 154 Å². The van der Waals surface area contributed by atoms with Crippen LogP contribution in [-0.2, 0) is 5.41 Å². The smallest absolute Gasteiger partial charge is 0.0132 e. The highest BCUT2D eigenvalue weighted by Gasteiger charge is 2.20. The molecule has 1 saturated carbocycles. The molecule has 0 aromatic heterocycles. The third-order valence-corrected chi connectivity index (χ3v) is 6.05. The summed E-state index contributed by atoms with van der Waals surface area (Å²) in [4.78, 5) is 0. The molecule has 1 fully saturated rings. The molecule has 3 rings (SSSR count). The zero-order chi connectivity index (χ0) is 18.2. The van der Waals surface area contributed by atoms with Crippen LogP contribution < -0.4 is 0 Å². The van der Waals surface area contributed by atoms with Crippen molar-refractivity contribution < 1.29 is 0 Å². The Morgan fingerprint density at radius 2 is 1.36 bits per heavy atom. The van der Waals surface area contributed by atoms with Crippen molar-refractivity contribution in [1.29, 1.82) is 0 Å². The minimum Gasteiger partial charge on any atom is -0.0584 e. The van der Waals surface area contributed by atoms with Gasteiger partial charge in [-0.15, -0.1) is 0 Å². The number of hydrogen-bond acceptors (Lipinski definition) is 0. The average Bonchev–Trinajstić information content (AvgIpc) is 2.55. The van der Waals surface area contributed by atoms with E-state index in [2.05, 4.69) is 71.9 Å². The van der Waals surface area contributed by atoms with E-state index in [0.29, 0.717) is 0 Å². The summed E-state index contributed by atoms with van der Waals surface area (Å²) in [7, 11) is 0. The molecule has 0 amide bonds. The van der Waals surface area contributed by atoms with Crippen molar-refractivity contribution in [2.24, 2.45) is 0 Å². The van der Waals surface area contributed by atoms with Gasteiger partial charge >= 0.3 is 0 Å². The van der Waals surface area contributed by atoms with Crippen molar-refractivity contribution in [3.63, 3.8) is 0 Å². The largest absolute Gasteiger partial charge is 0.0584 e. The molecule has 2 aromatic rings. The van der Waals surface area contributed by atoms with Gasteiger partial charge in [0.15, 0.2) is 0 Å². The summed E-state index contributed by atoms with van der Waals surface area (Å²) in [5.41, 5.74) is 10.3. The second kappa shape index (κ2) is 6.98. The van der Waals surface area contributed by atoms with Crippen LogP contribution >= 0.6 is 0 Å². The van der Waals surface area contributed by atoms with Crippen molar-refractivity contribution >= 4 is 0 Å². The van der Waals surface area contributed by atoms with Gasteiger partial charge in [0.05, 0.1) is 0 Å². The van der Waals surface area contributed by atoms with Crippen molar-refractivity contribution in [2.45, 2.75) is 85.0 Å². The highest BCUT2D eigenvalue weighted by molar-refractivity contribution is 5.73. The Bertz CT molecular complexity index is 752. The molecule has 0 spiro atoms. The zero-order valence-corrected chi connectivity index (χ0v) is 17.0. The van der Waals surface area contributed by atoms with Gasteiger partial charge < -0.3 is 0 Å². The molecule has 0 N–H and O–H groups in total. The van der Waals surface area contributed by atoms with E-state index in [1.54, 1.807) is 5.56 Å². The summed E-state index contributed by atoms with van der Waals surface area (Å²) < 4.78 is 0. The lowest BCUT2D eigenvalue weighted by atomic mass is 9.79. The van der Waals surface area contributed by atoms with E-state index in [1.165, 1.54) is 65.5 Å². The summed E-state index contributed by atoms with van der Waals surface area (Å²) in [6.07, 6.45) is 6.94. The molecular formula is C25H34. The minimum absolute atomic E-state index is 0.188. The van der Waals surface area contributed by atoms with Crippen LogP contribution in [0.15, 0.2) is 30.3 Å². The maximum absolute atomic E-state index is 2.52. The lowest BCUT2D eigenvalue weighted by molar-refractivity contribution is 0.442. The van der Waals surface area contributed by atoms with Gasteiger partial charge in [-0.3, -0.25) is 0 Å². The van der Waals surface area contributed by atoms with E-state index < -0.39 is 0 Å². The third kappa shape index (κ3) is 3.84. The quantitative estimate of drug-likeness (QED) is 0.529. The lowest BCUT2D eigenvalue weighted by Crippen LogP contribution is -2.11. The first-order chi connectivity index (χ1) is 11.8. The normalized spacial score (nSPS) is 16.2. The molecule has 0 nitrogen and oxygen atoms in total. The van der Waals surface area contributed by atoms with Gasteiger partial charge in [-0.05, 0) is 83.9 Å². The number of rotatable bonds is 2. The van der Waals surface area contributed by atoms with E-state index in [9.17, 15) is 0 Å². The fourth-order valence-electron chi connectivity index (χ4n) is 4.39. The van der Waals surface area contributed by atoms with E-state index in [1.807, 2.05) is 0 Å². The van der Waals surface area contributed by atoms with Crippen molar-refractivity contribution in [3.05, 3.63) is 58.1 Å². The van der Waals surface area contributed by atoms with Crippen LogP contribution in [0.5, 0.6) is 0 Å². The summed E-state index contributed by atoms with van der Waals surface area (Å²) in [5, 5.41) is 0. The van der Waals surface area contributed by atoms with Gasteiger partial charge in [0.25, 0.3) is 0 Å². The van der Waals surface area contributed by atoms with Crippen LogP contribution in [-0.4, -0.2) is 0 Å². The Morgan fingerprint density at radius 3 is 2.00 bits per heavy atom. The Morgan fingerprint density at radius 1 is 0.720 bits per heavy atom. The van der Waals surface area contributed by atoms with Crippen molar-refractivity contribution in [1.82, 2.24) is 0 Å². The molecule has 0 radical (unpaired) electrons. The predicted molar refractivity (Wildman–Crippen MR) is 111 cm³/mol. The summed E-state index contributed by atoms with van der Waals surface area (Å²) in [6, 6.07) is 12.0. The monoisotopic (exact) mass is 334 g/mol. The zero-order valence-electron chi connectivity index (χ0n) is 17.0. The highest BCUT2D eigenvalue weighted by Crippen LogP contribution is 2.39. The maximum atomic E-state index is 2.52. The molecule has 25 heavy (non-hydrogen) atoms. The summed E-state index contributed by atoms with van der Waals surface area (Å²) in [6.45, 7) is 13.7. The second-order valence-corrected chi connectivity index (χ2v) is 9.14. The van der Waals surface area contributed by atoms with Crippen LogP contribution in [0.3, 0.4) is 0 Å². The van der Waals surface area contributed by atoms with Crippen LogP contribution in [0.25, 0.3) is 11.1 Å². The van der Waals surface area contributed by atoms with Crippen LogP contribution in [0.2, 0.25) is 0 Å². The Balaban J connectivity index is 2.11. The molecule has 134 valence electrons. The van der Waals surface area contributed by atoms with E-state index >= 15 is 0 Å². The van der Waals surface area contributed by atoms with Crippen molar-refractivity contribution in [3.8, 4) is 11.1 Å². The SMILES string of the molecule is Cc1ccc(C(C)(C)C)cc1-c1cc(C2CCCCC2)c(C)cc1C. The van der Waals surface area contributed by atoms with E-state index in [0.717, 1.165) is 5.92 Å². The van der Waals surface area contributed by atoms with Crippen LogP contribution in [0, 0.1) is 20.8 Å². The van der Waals surface area contributed by atoms with Crippen LogP contribution in [0.4, 0.5) is 0 Å². The second-order valence-electron chi connectivity index (χ2n) is 9.14. The molecule has 0 bridgehead atoms. The van der Waals surface area contributed by atoms with Gasteiger partial charge in [-0.2, -0.15) is 0 Å². The molecule has 1 aliphatic carbocycles. The maximum Gasteiger partial charge on any atom is -0.0132 e. The molecule has 0 aliphatic heterocycles. The fourth-order valence-corrected chi connectivity index (χ4v) is 4.39. The van der Waals surface area contributed by atoms with E-state index in [4.69, 9.17) is 0 Å². The van der Waals surface area contributed by atoms with Gasteiger partial charge in [0.1, 0.15) is 0 Å².